The maximum absolute atomic E-state index is 12.2. The zero-order chi connectivity index (χ0) is 15.6. The molecule has 0 saturated carbocycles. The summed E-state index contributed by atoms with van der Waals surface area (Å²) in [5.41, 5.74) is 2.88. The molecule has 2 heterocycles. The summed E-state index contributed by atoms with van der Waals surface area (Å²) >= 11 is 0. The van der Waals surface area contributed by atoms with Crippen molar-refractivity contribution in [1.29, 1.82) is 0 Å². The van der Waals surface area contributed by atoms with Crippen LogP contribution < -0.4 is 0 Å². The largest absolute Gasteiger partial charge is 0.469 e. The van der Waals surface area contributed by atoms with Gasteiger partial charge >= 0.3 is 5.97 Å². The van der Waals surface area contributed by atoms with Gasteiger partial charge in [0.25, 0.3) is 0 Å². The Labute approximate surface area is 124 Å². The van der Waals surface area contributed by atoms with Gasteiger partial charge < -0.3 is 9.64 Å². The molecular formula is C15H21N3O3. The van der Waals surface area contributed by atoms with Crippen LogP contribution in [0.4, 0.5) is 0 Å². The first kappa shape index (κ1) is 15.3. The molecule has 0 aromatic carbocycles. The Hall–Kier alpha value is -2.11. The number of aryl methyl sites for hydroxylation is 2. The fourth-order valence-electron chi connectivity index (χ4n) is 2.61. The van der Waals surface area contributed by atoms with E-state index >= 15 is 0 Å². The predicted molar refractivity (Wildman–Crippen MR) is 78.4 cm³/mol. The van der Waals surface area contributed by atoms with Crippen molar-refractivity contribution < 1.29 is 14.3 Å². The van der Waals surface area contributed by atoms with E-state index in [4.69, 9.17) is 4.74 Å². The summed E-state index contributed by atoms with van der Waals surface area (Å²) in [6.07, 6.45) is 4.01. The summed E-state index contributed by atoms with van der Waals surface area (Å²) in [6, 6.07) is 0. The van der Waals surface area contributed by atoms with E-state index in [1.165, 1.54) is 7.11 Å². The molecule has 2 rings (SSSR count). The molecule has 1 atom stereocenters. The van der Waals surface area contributed by atoms with Gasteiger partial charge in [-0.25, -0.2) is 0 Å². The number of aromatic nitrogens is 2. The lowest BCUT2D eigenvalue weighted by Gasteiger charge is -2.13. The second kappa shape index (κ2) is 6.11. The normalized spacial score (nSPS) is 18.5. The molecule has 114 valence electrons. The monoisotopic (exact) mass is 291 g/mol. The van der Waals surface area contributed by atoms with Crippen LogP contribution in [0.25, 0.3) is 6.08 Å². The van der Waals surface area contributed by atoms with E-state index in [-0.39, 0.29) is 17.8 Å². The van der Waals surface area contributed by atoms with E-state index in [0.29, 0.717) is 19.5 Å². The second-order valence-corrected chi connectivity index (χ2v) is 5.33. The van der Waals surface area contributed by atoms with Gasteiger partial charge in [0.05, 0.1) is 18.7 Å². The van der Waals surface area contributed by atoms with Crippen molar-refractivity contribution in [2.75, 3.05) is 20.2 Å². The molecule has 1 aromatic heterocycles. The van der Waals surface area contributed by atoms with Gasteiger partial charge in [0, 0.05) is 37.5 Å². The molecule has 6 nitrogen and oxygen atoms in total. The van der Waals surface area contributed by atoms with E-state index < -0.39 is 0 Å². The number of ether oxygens (including phenoxy) is 1. The van der Waals surface area contributed by atoms with Crippen molar-refractivity contribution in [2.24, 2.45) is 13.0 Å². The first-order chi connectivity index (χ1) is 9.93. The average Bonchev–Trinajstić information content (AvgIpc) is 3.03. The molecule has 0 spiro atoms. The average molecular weight is 291 g/mol. The Morgan fingerprint density at radius 3 is 2.67 bits per heavy atom. The Morgan fingerprint density at radius 2 is 2.10 bits per heavy atom. The Morgan fingerprint density at radius 1 is 1.38 bits per heavy atom. The maximum atomic E-state index is 12.2. The van der Waals surface area contributed by atoms with Gasteiger partial charge in [0.2, 0.25) is 5.91 Å². The first-order valence-corrected chi connectivity index (χ1v) is 6.99. The molecule has 0 N–H and O–H groups in total. The van der Waals surface area contributed by atoms with E-state index in [2.05, 4.69) is 5.10 Å². The zero-order valence-electron chi connectivity index (χ0n) is 12.9. The predicted octanol–water partition coefficient (Wildman–Crippen LogP) is 1.07. The Kier molecular flexibility index (Phi) is 4.45. The number of methoxy groups -OCH3 is 1. The highest BCUT2D eigenvalue weighted by Crippen LogP contribution is 2.19. The van der Waals surface area contributed by atoms with Crippen molar-refractivity contribution >= 4 is 18.0 Å². The number of likely N-dealkylation sites (tertiary alicyclic amines) is 1. The van der Waals surface area contributed by atoms with Gasteiger partial charge in [-0.1, -0.05) is 0 Å². The molecule has 21 heavy (non-hydrogen) atoms. The molecule has 1 aromatic rings. The molecule has 1 fully saturated rings. The molecule has 1 aliphatic rings. The third kappa shape index (κ3) is 3.15. The minimum Gasteiger partial charge on any atom is -0.469 e. The minimum absolute atomic E-state index is 0.0796. The molecule has 1 aliphatic heterocycles. The van der Waals surface area contributed by atoms with Gasteiger partial charge in [0.1, 0.15) is 0 Å². The van der Waals surface area contributed by atoms with Crippen LogP contribution in [0.2, 0.25) is 0 Å². The number of hydrogen-bond acceptors (Lipinski definition) is 4. The lowest BCUT2D eigenvalue weighted by Crippen LogP contribution is -2.28. The highest BCUT2D eigenvalue weighted by atomic mass is 16.5. The van der Waals surface area contributed by atoms with Crippen LogP contribution in [0.5, 0.6) is 0 Å². The van der Waals surface area contributed by atoms with Gasteiger partial charge in [-0.2, -0.15) is 5.10 Å². The minimum atomic E-state index is -0.242. The van der Waals surface area contributed by atoms with Crippen LogP contribution in [0.3, 0.4) is 0 Å². The van der Waals surface area contributed by atoms with Crippen LogP contribution in [0.15, 0.2) is 6.08 Å². The van der Waals surface area contributed by atoms with Gasteiger partial charge in [-0.15, -0.1) is 0 Å². The quantitative estimate of drug-likeness (QED) is 0.617. The van der Waals surface area contributed by atoms with E-state index in [1.54, 1.807) is 21.7 Å². The lowest BCUT2D eigenvalue weighted by atomic mass is 10.1. The van der Waals surface area contributed by atoms with Crippen LogP contribution in [0, 0.1) is 19.8 Å². The highest BCUT2D eigenvalue weighted by Gasteiger charge is 2.30. The summed E-state index contributed by atoms with van der Waals surface area (Å²) in [6.45, 7) is 4.91. The number of hydrogen-bond donors (Lipinski definition) is 0. The van der Waals surface area contributed by atoms with Crippen molar-refractivity contribution in [1.82, 2.24) is 14.7 Å². The summed E-state index contributed by atoms with van der Waals surface area (Å²) in [5.74, 6) is -0.522. The number of carbonyl (C=O) groups is 2. The maximum Gasteiger partial charge on any atom is 0.310 e. The molecule has 1 amide bonds. The number of amides is 1. The summed E-state index contributed by atoms with van der Waals surface area (Å²) < 4.78 is 6.51. The standard InChI is InChI=1S/C15H21N3O3/c1-10-13(11(2)17(3)16-10)5-6-14(19)18-8-7-12(9-18)15(20)21-4/h5-6,12H,7-9H2,1-4H3/b6-5+. The van der Waals surface area contributed by atoms with Gasteiger partial charge in [-0.05, 0) is 26.3 Å². The summed E-state index contributed by atoms with van der Waals surface area (Å²) in [7, 11) is 3.25. The second-order valence-electron chi connectivity index (χ2n) is 5.33. The molecule has 1 saturated heterocycles. The zero-order valence-corrected chi connectivity index (χ0v) is 12.9. The van der Waals surface area contributed by atoms with Crippen molar-refractivity contribution in [2.45, 2.75) is 20.3 Å². The first-order valence-electron chi connectivity index (χ1n) is 6.99. The topological polar surface area (TPSA) is 64.4 Å². The third-order valence-electron chi connectivity index (χ3n) is 3.99. The van der Waals surface area contributed by atoms with Gasteiger partial charge in [0.15, 0.2) is 0 Å². The lowest BCUT2D eigenvalue weighted by molar-refractivity contribution is -0.145. The van der Waals surface area contributed by atoms with Crippen molar-refractivity contribution in [3.63, 3.8) is 0 Å². The Bertz CT molecular complexity index is 589. The van der Waals surface area contributed by atoms with Crippen LogP contribution in [-0.4, -0.2) is 46.8 Å². The van der Waals surface area contributed by atoms with E-state index in [0.717, 1.165) is 17.0 Å². The SMILES string of the molecule is COC(=O)C1CCN(C(=O)/C=C/c2c(C)nn(C)c2C)C1. The molecule has 6 heteroatoms. The third-order valence-corrected chi connectivity index (χ3v) is 3.99. The van der Waals surface area contributed by atoms with E-state index in [1.807, 2.05) is 20.9 Å². The molecule has 0 bridgehead atoms. The number of rotatable bonds is 3. The highest BCUT2D eigenvalue weighted by molar-refractivity contribution is 5.92. The Balaban J connectivity index is 2.02. The van der Waals surface area contributed by atoms with Crippen molar-refractivity contribution in [3.8, 4) is 0 Å². The molecular weight excluding hydrogens is 270 g/mol. The number of esters is 1. The number of carbonyl (C=O) groups excluding carboxylic acids is 2. The number of nitrogens with zero attached hydrogens (tertiary/aromatic N) is 3. The summed E-state index contributed by atoms with van der Waals surface area (Å²) in [4.78, 5) is 25.3. The van der Waals surface area contributed by atoms with Crippen LogP contribution >= 0.6 is 0 Å². The smallest absolute Gasteiger partial charge is 0.310 e. The fourth-order valence-corrected chi connectivity index (χ4v) is 2.61. The van der Waals surface area contributed by atoms with Gasteiger partial charge in [-0.3, -0.25) is 14.3 Å². The van der Waals surface area contributed by atoms with Crippen LogP contribution in [-0.2, 0) is 21.4 Å². The summed E-state index contributed by atoms with van der Waals surface area (Å²) in [5, 5.41) is 4.31. The fraction of sp³-hybridized carbons (Fsp3) is 0.533. The van der Waals surface area contributed by atoms with Crippen molar-refractivity contribution in [3.05, 3.63) is 23.0 Å². The molecule has 0 radical (unpaired) electrons. The molecule has 1 unspecified atom stereocenters. The van der Waals surface area contributed by atoms with Crippen LogP contribution in [0.1, 0.15) is 23.4 Å². The molecule has 0 aliphatic carbocycles. The van der Waals surface area contributed by atoms with E-state index in [9.17, 15) is 9.59 Å².